The quantitative estimate of drug-likeness (QED) is 0.372. The molecule has 5 fully saturated rings. The van der Waals surface area contributed by atoms with Crippen molar-refractivity contribution in [3.05, 3.63) is 65.9 Å². The number of nitrogens with one attached hydrogen (secondary N) is 1. The average Bonchev–Trinajstić information content (AvgIpc) is 3.38. The number of carboxylic acids is 1. The summed E-state index contributed by atoms with van der Waals surface area (Å²) in [6.07, 6.45) is 13.1. The van der Waals surface area contributed by atoms with Crippen LogP contribution in [0.15, 0.2) is 54.8 Å². The monoisotopic (exact) mass is 486 g/mol. The van der Waals surface area contributed by atoms with Crippen LogP contribution in [0.2, 0.25) is 0 Å². The van der Waals surface area contributed by atoms with Crippen molar-refractivity contribution in [3.8, 4) is 5.75 Å². The molecule has 2 aromatic rings. The molecule has 2 aromatic carbocycles. The maximum absolute atomic E-state index is 12.6. The first-order valence-corrected chi connectivity index (χ1v) is 13.4. The lowest BCUT2D eigenvalue weighted by Crippen LogP contribution is -2.48. The van der Waals surface area contributed by atoms with Gasteiger partial charge in [0.25, 0.3) is 5.91 Å². The second-order valence-electron chi connectivity index (χ2n) is 11.3. The Labute approximate surface area is 212 Å². The largest absolute Gasteiger partial charge is 0.478 e. The summed E-state index contributed by atoms with van der Waals surface area (Å²) in [5, 5.41) is 12.5. The number of rotatable bonds is 7. The van der Waals surface area contributed by atoms with E-state index < -0.39 is 5.97 Å². The van der Waals surface area contributed by atoms with Gasteiger partial charge in [0.1, 0.15) is 5.75 Å². The predicted molar refractivity (Wildman–Crippen MR) is 140 cm³/mol. The van der Waals surface area contributed by atoms with Gasteiger partial charge in [0.05, 0.1) is 23.2 Å². The van der Waals surface area contributed by atoms with E-state index in [2.05, 4.69) is 17.4 Å². The Morgan fingerprint density at radius 2 is 1.58 bits per heavy atom. The van der Waals surface area contributed by atoms with Crippen LogP contribution in [0, 0.1) is 17.8 Å². The molecule has 1 aliphatic heterocycles. The molecule has 4 bridgehead atoms. The van der Waals surface area contributed by atoms with E-state index in [1.54, 1.807) is 18.2 Å². The number of amides is 1. The molecule has 0 radical (unpaired) electrons. The highest BCUT2D eigenvalue weighted by Gasteiger charge is 2.51. The maximum atomic E-state index is 12.6. The van der Waals surface area contributed by atoms with Gasteiger partial charge >= 0.3 is 5.97 Å². The minimum Gasteiger partial charge on any atom is -0.478 e. The van der Waals surface area contributed by atoms with Crippen LogP contribution in [0.25, 0.3) is 0 Å². The van der Waals surface area contributed by atoms with E-state index in [0.29, 0.717) is 22.5 Å². The van der Waals surface area contributed by atoms with Gasteiger partial charge in [-0.1, -0.05) is 18.2 Å². The highest BCUT2D eigenvalue weighted by molar-refractivity contribution is 6.05. The first-order chi connectivity index (χ1) is 17.5. The molecule has 4 aliphatic carbocycles. The summed E-state index contributed by atoms with van der Waals surface area (Å²) < 4.78 is 5.73. The third-order valence-electron chi connectivity index (χ3n) is 8.88. The molecule has 0 aromatic heterocycles. The van der Waals surface area contributed by atoms with E-state index in [-0.39, 0.29) is 11.5 Å². The topological polar surface area (TPSA) is 78.9 Å². The highest BCUT2D eigenvalue weighted by atomic mass is 16.5. The molecule has 1 saturated heterocycles. The Bertz CT molecular complexity index is 1140. The number of carbonyl (C=O) groups is 2. The summed E-state index contributed by atoms with van der Waals surface area (Å²) in [5.74, 6) is 2.09. The SMILES string of the molecule is O=C(/C=C/Oc1ccc(C23CC4CC(CC(C4)C2)C3)cc1)Nc1cccc(C(=O)O)c1N1CCCC1. The van der Waals surface area contributed by atoms with Gasteiger partial charge in [0.2, 0.25) is 0 Å². The van der Waals surface area contributed by atoms with E-state index in [9.17, 15) is 14.7 Å². The molecule has 2 N–H and O–H groups in total. The number of nitrogens with zero attached hydrogens (tertiary/aromatic N) is 1. The first-order valence-electron chi connectivity index (χ1n) is 13.4. The van der Waals surface area contributed by atoms with Gasteiger partial charge in [-0.15, -0.1) is 0 Å². The number of ether oxygens (including phenoxy) is 1. The predicted octanol–water partition coefficient (Wildman–Crippen LogP) is 5.98. The first kappa shape index (κ1) is 23.1. The zero-order valence-electron chi connectivity index (χ0n) is 20.6. The molecule has 36 heavy (non-hydrogen) atoms. The van der Waals surface area contributed by atoms with Crippen molar-refractivity contribution in [2.24, 2.45) is 17.8 Å². The molecule has 5 aliphatic rings. The molecule has 188 valence electrons. The number of carboxylic acid groups (broad SMARTS) is 1. The van der Waals surface area contributed by atoms with Gasteiger partial charge in [-0.2, -0.15) is 0 Å². The van der Waals surface area contributed by atoms with Crippen LogP contribution in [0.5, 0.6) is 5.75 Å². The fourth-order valence-electron chi connectivity index (χ4n) is 7.80. The third kappa shape index (κ3) is 4.38. The van der Waals surface area contributed by atoms with E-state index in [1.165, 1.54) is 56.4 Å². The van der Waals surface area contributed by atoms with E-state index >= 15 is 0 Å². The van der Waals surface area contributed by atoms with Gasteiger partial charge < -0.3 is 20.1 Å². The minimum atomic E-state index is -0.996. The molecule has 0 unspecified atom stereocenters. The van der Waals surface area contributed by atoms with Crippen LogP contribution in [-0.4, -0.2) is 30.1 Å². The number of hydrogen-bond donors (Lipinski definition) is 2. The van der Waals surface area contributed by atoms with Crippen molar-refractivity contribution in [1.82, 2.24) is 0 Å². The Morgan fingerprint density at radius 3 is 2.19 bits per heavy atom. The van der Waals surface area contributed by atoms with Crippen molar-refractivity contribution in [1.29, 1.82) is 0 Å². The molecule has 0 spiro atoms. The second-order valence-corrected chi connectivity index (χ2v) is 11.3. The van der Waals surface area contributed by atoms with Crippen LogP contribution >= 0.6 is 0 Å². The number of carbonyl (C=O) groups excluding carboxylic acids is 1. The zero-order chi connectivity index (χ0) is 24.7. The Morgan fingerprint density at radius 1 is 0.944 bits per heavy atom. The summed E-state index contributed by atoms with van der Waals surface area (Å²) in [5.41, 5.74) is 3.09. The van der Waals surface area contributed by atoms with Gasteiger partial charge in [-0.3, -0.25) is 4.79 Å². The normalized spacial score (nSPS) is 28.6. The fraction of sp³-hybridized carbons (Fsp3) is 0.467. The zero-order valence-corrected chi connectivity index (χ0v) is 20.6. The number of anilines is 2. The Hall–Kier alpha value is -3.28. The van der Waals surface area contributed by atoms with Crippen LogP contribution in [0.4, 0.5) is 11.4 Å². The standard InChI is InChI=1S/C30H34N2O4/c33-27(31-26-5-3-4-25(29(34)35)28(26)32-11-1-2-12-32)10-13-36-24-8-6-23(7-9-24)30-17-20-14-21(18-30)16-22(15-20)19-30/h3-10,13,20-22H,1-2,11-12,14-19H2,(H,31,33)(H,34,35)/b13-10+. The van der Waals surface area contributed by atoms with Crippen molar-refractivity contribution in [2.45, 2.75) is 56.8 Å². The Balaban J connectivity index is 1.10. The highest BCUT2D eigenvalue weighted by Crippen LogP contribution is 2.60. The summed E-state index contributed by atoms with van der Waals surface area (Å²) in [6.45, 7) is 1.57. The summed E-state index contributed by atoms with van der Waals surface area (Å²) in [6, 6.07) is 13.4. The molecule has 6 heteroatoms. The molecular weight excluding hydrogens is 452 g/mol. The molecular formula is C30H34N2O4. The minimum absolute atomic E-state index is 0.203. The lowest BCUT2D eigenvalue weighted by Gasteiger charge is -2.57. The molecule has 6 nitrogen and oxygen atoms in total. The third-order valence-corrected chi connectivity index (χ3v) is 8.88. The lowest BCUT2D eigenvalue weighted by molar-refractivity contribution is -0.112. The van der Waals surface area contributed by atoms with Crippen molar-refractivity contribution < 1.29 is 19.4 Å². The van der Waals surface area contributed by atoms with Gasteiger partial charge in [0, 0.05) is 19.2 Å². The Kier molecular flexibility index (Phi) is 5.98. The fourth-order valence-corrected chi connectivity index (χ4v) is 7.80. The van der Waals surface area contributed by atoms with Crippen molar-refractivity contribution >= 4 is 23.3 Å². The number of benzene rings is 2. The van der Waals surface area contributed by atoms with E-state index in [0.717, 1.165) is 43.7 Å². The smallest absolute Gasteiger partial charge is 0.337 e. The number of aromatic carboxylic acids is 1. The van der Waals surface area contributed by atoms with Gasteiger partial charge in [-0.25, -0.2) is 4.79 Å². The molecule has 1 amide bonds. The average molecular weight is 487 g/mol. The lowest BCUT2D eigenvalue weighted by atomic mass is 9.48. The number of hydrogen-bond acceptors (Lipinski definition) is 4. The van der Waals surface area contributed by atoms with Crippen molar-refractivity contribution in [2.75, 3.05) is 23.3 Å². The van der Waals surface area contributed by atoms with Crippen LogP contribution in [-0.2, 0) is 10.2 Å². The molecule has 7 rings (SSSR count). The van der Waals surface area contributed by atoms with E-state index in [4.69, 9.17) is 4.74 Å². The van der Waals surface area contributed by atoms with Gasteiger partial charge in [-0.05, 0) is 104 Å². The van der Waals surface area contributed by atoms with E-state index in [1.807, 2.05) is 17.0 Å². The van der Waals surface area contributed by atoms with Gasteiger partial charge in [0.15, 0.2) is 0 Å². The number of para-hydroxylation sites is 1. The summed E-state index contributed by atoms with van der Waals surface area (Å²) >= 11 is 0. The summed E-state index contributed by atoms with van der Waals surface area (Å²) in [7, 11) is 0. The van der Waals surface area contributed by atoms with Crippen LogP contribution in [0.3, 0.4) is 0 Å². The van der Waals surface area contributed by atoms with Crippen molar-refractivity contribution in [3.63, 3.8) is 0 Å². The molecule has 0 atom stereocenters. The molecule has 1 heterocycles. The van der Waals surface area contributed by atoms with Crippen LogP contribution in [0.1, 0.15) is 67.3 Å². The maximum Gasteiger partial charge on any atom is 0.337 e. The molecule has 4 saturated carbocycles. The summed E-state index contributed by atoms with van der Waals surface area (Å²) in [4.78, 5) is 26.4. The van der Waals surface area contributed by atoms with Crippen LogP contribution < -0.4 is 15.0 Å². The second kappa shape index (κ2) is 9.30.